The van der Waals surface area contributed by atoms with E-state index in [1.165, 1.54) is 28.0 Å². The first-order chi connectivity index (χ1) is 12.5. The summed E-state index contributed by atoms with van der Waals surface area (Å²) in [6.45, 7) is 0. The number of nitrogens with zero attached hydrogens (tertiary/aromatic N) is 4. The molecule has 2 heterocycles. The van der Waals surface area contributed by atoms with Crippen molar-refractivity contribution >= 4 is 27.1 Å². The number of fused-ring (bicyclic) bond motifs is 1. The maximum atomic E-state index is 13.3. The molecule has 0 amide bonds. The molecule has 132 valence electrons. The number of anilines is 2. The van der Waals surface area contributed by atoms with E-state index < -0.39 is 11.6 Å². The third kappa shape index (κ3) is 3.14. The normalized spacial score (nSPS) is 11.2. The Morgan fingerprint density at radius 1 is 1.00 bits per heavy atom. The summed E-state index contributed by atoms with van der Waals surface area (Å²) in [5, 5.41) is 34.6. The molecule has 0 radical (unpaired) electrons. The molecule has 4 aromatic rings. The molecule has 0 fully saturated rings. The molecule has 2 aromatic heterocycles. The number of halogens is 2. The van der Waals surface area contributed by atoms with Gasteiger partial charge in [-0.1, -0.05) is 17.4 Å². The SMILES string of the molecule is Oc1ccc(Cc2nnc3sc(Nc4cc(F)cc(F)c4)nn23)cc1O. The van der Waals surface area contributed by atoms with E-state index in [2.05, 4.69) is 20.6 Å². The van der Waals surface area contributed by atoms with Crippen molar-refractivity contribution in [2.75, 3.05) is 5.32 Å². The van der Waals surface area contributed by atoms with Gasteiger partial charge in [-0.05, 0) is 29.8 Å². The lowest BCUT2D eigenvalue weighted by Crippen LogP contribution is -1.99. The van der Waals surface area contributed by atoms with Gasteiger partial charge in [-0.3, -0.25) is 0 Å². The first kappa shape index (κ1) is 16.2. The minimum Gasteiger partial charge on any atom is -0.504 e. The van der Waals surface area contributed by atoms with Gasteiger partial charge in [0.05, 0.1) is 0 Å². The lowest BCUT2D eigenvalue weighted by molar-refractivity contribution is 0.403. The highest BCUT2D eigenvalue weighted by molar-refractivity contribution is 7.20. The molecule has 3 N–H and O–H groups in total. The van der Waals surface area contributed by atoms with Gasteiger partial charge < -0.3 is 15.5 Å². The smallest absolute Gasteiger partial charge is 0.236 e. The van der Waals surface area contributed by atoms with Crippen molar-refractivity contribution in [1.29, 1.82) is 0 Å². The maximum Gasteiger partial charge on any atom is 0.236 e. The van der Waals surface area contributed by atoms with Crippen LogP contribution in [0.15, 0.2) is 36.4 Å². The number of phenols is 2. The zero-order chi connectivity index (χ0) is 18.3. The zero-order valence-corrected chi connectivity index (χ0v) is 13.8. The molecule has 0 spiro atoms. The van der Waals surface area contributed by atoms with Crippen molar-refractivity contribution in [2.45, 2.75) is 6.42 Å². The quantitative estimate of drug-likeness (QED) is 0.474. The second-order valence-electron chi connectivity index (χ2n) is 5.50. The lowest BCUT2D eigenvalue weighted by Gasteiger charge is -2.03. The number of hydrogen-bond donors (Lipinski definition) is 3. The first-order valence-electron chi connectivity index (χ1n) is 7.43. The van der Waals surface area contributed by atoms with E-state index in [1.807, 2.05) is 0 Å². The summed E-state index contributed by atoms with van der Waals surface area (Å²) >= 11 is 1.17. The van der Waals surface area contributed by atoms with Crippen LogP contribution in [0.1, 0.15) is 11.4 Å². The third-order valence-corrected chi connectivity index (χ3v) is 4.39. The summed E-state index contributed by atoms with van der Waals surface area (Å²) in [5.41, 5.74) is 0.946. The van der Waals surface area contributed by atoms with E-state index in [0.29, 0.717) is 27.9 Å². The first-order valence-corrected chi connectivity index (χ1v) is 8.25. The molecule has 0 aliphatic heterocycles. The Balaban J connectivity index is 1.61. The minimum atomic E-state index is -0.691. The fourth-order valence-corrected chi connectivity index (χ4v) is 3.21. The van der Waals surface area contributed by atoms with Crippen LogP contribution in [0.2, 0.25) is 0 Å². The largest absolute Gasteiger partial charge is 0.504 e. The molecule has 26 heavy (non-hydrogen) atoms. The molecule has 0 aliphatic carbocycles. The van der Waals surface area contributed by atoms with Crippen molar-refractivity contribution in [3.63, 3.8) is 0 Å². The molecule has 4 rings (SSSR count). The number of benzene rings is 2. The third-order valence-electron chi connectivity index (χ3n) is 3.57. The molecule has 7 nitrogen and oxygen atoms in total. The molecule has 2 aromatic carbocycles. The number of aromatic hydroxyl groups is 2. The van der Waals surface area contributed by atoms with Crippen LogP contribution in [0.3, 0.4) is 0 Å². The summed E-state index contributed by atoms with van der Waals surface area (Å²) in [6, 6.07) is 7.57. The van der Waals surface area contributed by atoms with Crippen LogP contribution in [0.4, 0.5) is 19.6 Å². The average molecular weight is 375 g/mol. The average Bonchev–Trinajstić information content (AvgIpc) is 3.11. The van der Waals surface area contributed by atoms with E-state index in [-0.39, 0.29) is 17.2 Å². The van der Waals surface area contributed by atoms with E-state index in [4.69, 9.17) is 0 Å². The zero-order valence-electron chi connectivity index (χ0n) is 13.0. The predicted octanol–water partition coefficient (Wildman–Crippen LogP) is 3.21. The van der Waals surface area contributed by atoms with E-state index in [1.54, 1.807) is 6.07 Å². The van der Waals surface area contributed by atoms with Gasteiger partial charge in [0.2, 0.25) is 10.1 Å². The second-order valence-corrected chi connectivity index (χ2v) is 6.46. The fourth-order valence-electron chi connectivity index (χ4n) is 2.43. The Labute approximate surface area is 149 Å². The number of nitrogens with one attached hydrogen (secondary N) is 1. The fraction of sp³-hybridized carbons (Fsp3) is 0.0625. The number of phenolic OH excluding ortho intramolecular Hbond substituents is 2. The summed E-state index contributed by atoms with van der Waals surface area (Å²) in [7, 11) is 0. The monoisotopic (exact) mass is 375 g/mol. The van der Waals surface area contributed by atoms with Crippen LogP contribution in [0, 0.1) is 11.6 Å². The minimum absolute atomic E-state index is 0.206. The maximum absolute atomic E-state index is 13.3. The van der Waals surface area contributed by atoms with Crippen molar-refractivity contribution in [1.82, 2.24) is 19.8 Å². The van der Waals surface area contributed by atoms with Crippen LogP contribution < -0.4 is 5.32 Å². The van der Waals surface area contributed by atoms with Gasteiger partial charge in [0.25, 0.3) is 0 Å². The Kier molecular flexibility index (Phi) is 3.88. The molecule has 0 unspecified atom stereocenters. The van der Waals surface area contributed by atoms with Gasteiger partial charge in [0.1, 0.15) is 11.6 Å². The van der Waals surface area contributed by atoms with Gasteiger partial charge in [0.15, 0.2) is 17.3 Å². The van der Waals surface area contributed by atoms with Crippen LogP contribution in [-0.2, 0) is 6.42 Å². The summed E-state index contributed by atoms with van der Waals surface area (Å²) in [4.78, 5) is 0.502. The van der Waals surface area contributed by atoms with E-state index in [9.17, 15) is 19.0 Å². The van der Waals surface area contributed by atoms with Crippen molar-refractivity contribution < 1.29 is 19.0 Å². The highest BCUT2D eigenvalue weighted by atomic mass is 32.1. The Morgan fingerprint density at radius 3 is 2.50 bits per heavy atom. The molecular formula is C16H11F2N5O2S. The number of aromatic nitrogens is 4. The lowest BCUT2D eigenvalue weighted by atomic mass is 10.1. The highest BCUT2D eigenvalue weighted by Gasteiger charge is 2.13. The van der Waals surface area contributed by atoms with Gasteiger partial charge in [-0.25, -0.2) is 8.78 Å². The molecule has 10 heteroatoms. The Hall–Kier alpha value is -3.27. The van der Waals surface area contributed by atoms with Gasteiger partial charge in [0, 0.05) is 18.2 Å². The molecular weight excluding hydrogens is 364 g/mol. The summed E-state index contributed by atoms with van der Waals surface area (Å²) < 4.78 is 28.1. The summed E-state index contributed by atoms with van der Waals surface area (Å²) in [6.07, 6.45) is 0.326. The second kappa shape index (κ2) is 6.23. The van der Waals surface area contributed by atoms with Gasteiger partial charge in [-0.2, -0.15) is 4.52 Å². The van der Waals surface area contributed by atoms with Crippen LogP contribution in [0.5, 0.6) is 11.5 Å². The van der Waals surface area contributed by atoms with Crippen molar-refractivity contribution in [3.8, 4) is 11.5 Å². The predicted molar refractivity (Wildman–Crippen MR) is 90.9 cm³/mol. The highest BCUT2D eigenvalue weighted by Crippen LogP contribution is 2.27. The van der Waals surface area contributed by atoms with E-state index >= 15 is 0 Å². The Bertz CT molecular complexity index is 1090. The van der Waals surface area contributed by atoms with Crippen molar-refractivity contribution in [3.05, 3.63) is 59.4 Å². The van der Waals surface area contributed by atoms with Gasteiger partial charge in [-0.15, -0.1) is 15.3 Å². The molecule has 0 saturated carbocycles. The molecule has 0 aliphatic rings. The van der Waals surface area contributed by atoms with E-state index in [0.717, 1.165) is 18.2 Å². The van der Waals surface area contributed by atoms with Crippen LogP contribution >= 0.6 is 11.3 Å². The molecule has 0 atom stereocenters. The number of hydrogen-bond acceptors (Lipinski definition) is 7. The topological polar surface area (TPSA) is 95.6 Å². The molecule has 0 bridgehead atoms. The van der Waals surface area contributed by atoms with Crippen LogP contribution in [0.25, 0.3) is 4.96 Å². The Morgan fingerprint density at radius 2 is 1.77 bits per heavy atom. The van der Waals surface area contributed by atoms with Crippen molar-refractivity contribution in [2.24, 2.45) is 0 Å². The molecule has 0 saturated heterocycles. The summed E-state index contributed by atoms with van der Waals surface area (Å²) in [5.74, 6) is -1.30. The standard InChI is InChI=1S/C16H11F2N5O2S/c17-9-5-10(18)7-11(6-9)19-15-22-23-14(20-21-16(23)26-15)4-8-1-2-12(24)13(25)3-8/h1-3,5-7,24-25H,4H2,(H,19,22). The van der Waals surface area contributed by atoms with Gasteiger partial charge >= 0.3 is 0 Å². The number of rotatable bonds is 4. The van der Waals surface area contributed by atoms with Crippen LogP contribution in [-0.4, -0.2) is 30.0 Å².